The molecule has 1 aliphatic rings. The first-order chi connectivity index (χ1) is 16.7. The van der Waals surface area contributed by atoms with Gasteiger partial charge in [0.2, 0.25) is 0 Å². The summed E-state index contributed by atoms with van der Waals surface area (Å²) in [5.41, 5.74) is -0.636. The number of carbonyl (C=O) groups excluding carboxylic acids is 2. The number of ether oxygens (including phenoxy) is 1. The Balaban J connectivity index is 1.72. The second-order valence-electron chi connectivity index (χ2n) is 7.77. The number of alkyl halides is 3. The summed E-state index contributed by atoms with van der Waals surface area (Å²) in [7, 11) is 2.85. The number of urea groups is 1. The van der Waals surface area contributed by atoms with Crippen LogP contribution in [-0.4, -0.2) is 73.7 Å². The summed E-state index contributed by atoms with van der Waals surface area (Å²) in [6, 6.07) is 3.92. The number of methoxy groups -OCH3 is 1. The Hall–Kier alpha value is -3.61. The number of hydrogen-bond donors (Lipinski definition) is 3. The minimum absolute atomic E-state index is 0.0558. The van der Waals surface area contributed by atoms with Gasteiger partial charge in [-0.15, -0.1) is 0 Å². The first kappa shape index (κ1) is 26.0. The van der Waals surface area contributed by atoms with Crippen molar-refractivity contribution in [2.24, 2.45) is 0 Å². The van der Waals surface area contributed by atoms with Gasteiger partial charge in [-0.2, -0.15) is 13.2 Å². The molecular formula is C22H28F3N7O3. The van der Waals surface area contributed by atoms with E-state index in [1.807, 2.05) is 0 Å². The Labute approximate surface area is 200 Å². The number of hydrogen-bond acceptors (Lipinski definition) is 7. The molecule has 0 unspecified atom stereocenters. The predicted octanol–water partition coefficient (Wildman–Crippen LogP) is 2.33. The van der Waals surface area contributed by atoms with Gasteiger partial charge in [0.25, 0.3) is 5.91 Å². The number of halogens is 3. The van der Waals surface area contributed by atoms with Gasteiger partial charge in [0.15, 0.2) is 5.69 Å². The first-order valence-electron chi connectivity index (χ1n) is 11.0. The van der Waals surface area contributed by atoms with Crippen molar-refractivity contribution < 1.29 is 27.5 Å². The molecule has 10 nitrogen and oxygen atoms in total. The van der Waals surface area contributed by atoms with E-state index < -0.39 is 17.8 Å². The van der Waals surface area contributed by atoms with Gasteiger partial charge < -0.3 is 20.3 Å². The lowest BCUT2D eigenvalue weighted by atomic mass is 10.1. The Kier molecular flexibility index (Phi) is 8.33. The minimum Gasteiger partial charge on any atom is -0.495 e. The van der Waals surface area contributed by atoms with Gasteiger partial charge in [-0.25, -0.2) is 14.8 Å². The number of nitrogens with zero attached hydrogens (tertiary/aromatic N) is 4. The quantitative estimate of drug-likeness (QED) is 0.541. The van der Waals surface area contributed by atoms with E-state index in [4.69, 9.17) is 4.74 Å². The molecule has 1 aliphatic heterocycles. The zero-order valence-corrected chi connectivity index (χ0v) is 19.7. The first-order valence-corrected chi connectivity index (χ1v) is 11.0. The third kappa shape index (κ3) is 6.50. The third-order valence-electron chi connectivity index (χ3n) is 5.46. The van der Waals surface area contributed by atoms with E-state index in [9.17, 15) is 22.8 Å². The van der Waals surface area contributed by atoms with Crippen molar-refractivity contribution in [2.45, 2.75) is 19.6 Å². The highest BCUT2D eigenvalue weighted by molar-refractivity contribution is 5.92. The van der Waals surface area contributed by atoms with E-state index in [0.717, 1.165) is 5.56 Å². The molecule has 190 valence electrons. The lowest BCUT2D eigenvalue weighted by Crippen LogP contribution is -2.46. The number of carbonyl (C=O) groups is 2. The fraction of sp³-hybridized carbons (Fsp3) is 0.455. The number of amides is 3. The summed E-state index contributed by atoms with van der Waals surface area (Å²) in [4.78, 5) is 35.0. The summed E-state index contributed by atoms with van der Waals surface area (Å²) < 4.78 is 46.5. The average Bonchev–Trinajstić information content (AvgIpc) is 2.83. The molecule has 35 heavy (non-hydrogen) atoms. The van der Waals surface area contributed by atoms with E-state index in [1.54, 1.807) is 17.9 Å². The number of rotatable bonds is 7. The van der Waals surface area contributed by atoms with E-state index in [2.05, 4.69) is 30.8 Å². The lowest BCUT2D eigenvalue weighted by Gasteiger charge is -2.37. The average molecular weight is 496 g/mol. The molecule has 3 N–H and O–H groups in total. The Morgan fingerprint density at radius 3 is 2.49 bits per heavy atom. The van der Waals surface area contributed by atoms with Gasteiger partial charge in [0.1, 0.15) is 17.3 Å². The maximum atomic E-state index is 13.7. The van der Waals surface area contributed by atoms with Gasteiger partial charge in [-0.3, -0.25) is 15.0 Å². The molecule has 13 heteroatoms. The topological polar surface area (TPSA) is 112 Å². The number of anilines is 2. The summed E-state index contributed by atoms with van der Waals surface area (Å²) in [6.07, 6.45) is -3.18. The smallest absolute Gasteiger partial charge is 0.435 e. The van der Waals surface area contributed by atoms with Gasteiger partial charge in [-0.05, 0) is 25.1 Å². The second-order valence-corrected chi connectivity index (χ2v) is 7.77. The molecule has 0 bridgehead atoms. The Morgan fingerprint density at radius 1 is 1.17 bits per heavy atom. The van der Waals surface area contributed by atoms with Gasteiger partial charge in [0, 0.05) is 51.9 Å². The van der Waals surface area contributed by atoms with E-state index in [1.165, 1.54) is 32.5 Å². The highest BCUT2D eigenvalue weighted by Gasteiger charge is 2.38. The standard InChI is InChI=1S/C22H28F3N7O3/c1-4-27-21(34)30-18-11-14(17(35-3)12-28-18)13-31-7-9-32(10-8-31)16-6-5-15(20(33)26-2)29-19(16)22(23,24)25/h5-6,11-12H,4,7-10,13H2,1-3H3,(H,26,33)(H2,27,28,30,34). The minimum atomic E-state index is -4.70. The zero-order chi connectivity index (χ0) is 25.6. The van der Waals surface area contributed by atoms with E-state index in [0.29, 0.717) is 50.8 Å². The van der Waals surface area contributed by atoms with Crippen LogP contribution >= 0.6 is 0 Å². The Bertz CT molecular complexity index is 1060. The fourth-order valence-electron chi connectivity index (χ4n) is 3.74. The normalized spacial score (nSPS) is 14.4. The van der Waals surface area contributed by atoms with Crippen LogP contribution in [0.3, 0.4) is 0 Å². The predicted molar refractivity (Wildman–Crippen MR) is 124 cm³/mol. The van der Waals surface area contributed by atoms with Crippen molar-refractivity contribution in [1.29, 1.82) is 0 Å². The molecule has 3 rings (SSSR count). The third-order valence-corrected chi connectivity index (χ3v) is 5.46. The van der Waals surface area contributed by atoms with E-state index >= 15 is 0 Å². The van der Waals surface area contributed by atoms with Crippen molar-refractivity contribution >= 4 is 23.4 Å². The van der Waals surface area contributed by atoms with Crippen molar-refractivity contribution in [2.75, 3.05) is 57.1 Å². The summed E-state index contributed by atoms with van der Waals surface area (Å²) in [6.45, 7) is 4.38. The van der Waals surface area contributed by atoms with Gasteiger partial charge >= 0.3 is 12.2 Å². The number of piperazine rings is 1. The molecule has 3 heterocycles. The summed E-state index contributed by atoms with van der Waals surface area (Å²) >= 11 is 0. The molecular weight excluding hydrogens is 467 g/mol. The van der Waals surface area contributed by atoms with Crippen molar-refractivity contribution in [3.63, 3.8) is 0 Å². The van der Waals surface area contributed by atoms with Crippen LogP contribution in [-0.2, 0) is 12.7 Å². The summed E-state index contributed by atoms with van der Waals surface area (Å²) in [5, 5.41) is 7.57. The molecule has 0 aliphatic carbocycles. The van der Waals surface area contributed by atoms with E-state index in [-0.39, 0.29) is 17.4 Å². The largest absolute Gasteiger partial charge is 0.495 e. The molecule has 1 saturated heterocycles. The Morgan fingerprint density at radius 2 is 1.89 bits per heavy atom. The summed E-state index contributed by atoms with van der Waals surface area (Å²) in [5.74, 6) is 0.226. The maximum Gasteiger partial charge on any atom is 0.435 e. The van der Waals surface area contributed by atoms with Crippen LogP contribution in [0.5, 0.6) is 5.75 Å². The van der Waals surface area contributed by atoms with Crippen molar-refractivity contribution in [3.05, 3.63) is 41.3 Å². The molecule has 2 aromatic heterocycles. The van der Waals surface area contributed by atoms with Crippen LogP contribution in [0.25, 0.3) is 0 Å². The molecule has 0 radical (unpaired) electrons. The SMILES string of the molecule is CCNC(=O)Nc1cc(CN2CCN(c3ccc(C(=O)NC)nc3C(F)(F)F)CC2)c(OC)cn1. The molecule has 0 atom stereocenters. The second kappa shape index (κ2) is 11.2. The molecule has 0 saturated carbocycles. The van der Waals surface area contributed by atoms with Crippen LogP contribution in [0.2, 0.25) is 0 Å². The number of nitrogens with one attached hydrogen (secondary N) is 3. The molecule has 0 spiro atoms. The van der Waals surface area contributed by atoms with Gasteiger partial charge in [0.05, 0.1) is 19.0 Å². The molecule has 1 fully saturated rings. The van der Waals surface area contributed by atoms with Crippen LogP contribution < -0.4 is 25.6 Å². The molecule has 0 aromatic carbocycles. The zero-order valence-electron chi connectivity index (χ0n) is 19.7. The van der Waals surface area contributed by atoms with Crippen LogP contribution in [0.15, 0.2) is 24.4 Å². The monoisotopic (exact) mass is 495 g/mol. The molecule has 2 aromatic rings. The van der Waals surface area contributed by atoms with Crippen LogP contribution in [0.1, 0.15) is 28.7 Å². The highest BCUT2D eigenvalue weighted by Crippen LogP contribution is 2.36. The number of aromatic nitrogens is 2. The van der Waals surface area contributed by atoms with Gasteiger partial charge in [-0.1, -0.05) is 0 Å². The fourth-order valence-corrected chi connectivity index (χ4v) is 3.74. The van der Waals surface area contributed by atoms with Crippen molar-refractivity contribution in [1.82, 2.24) is 25.5 Å². The number of pyridine rings is 2. The van der Waals surface area contributed by atoms with Crippen LogP contribution in [0.4, 0.5) is 29.5 Å². The molecule has 3 amide bonds. The van der Waals surface area contributed by atoms with Crippen LogP contribution in [0, 0.1) is 0 Å². The highest BCUT2D eigenvalue weighted by atomic mass is 19.4. The lowest BCUT2D eigenvalue weighted by molar-refractivity contribution is -0.140. The van der Waals surface area contributed by atoms with Crippen molar-refractivity contribution in [3.8, 4) is 5.75 Å². The maximum absolute atomic E-state index is 13.7.